The summed E-state index contributed by atoms with van der Waals surface area (Å²) in [6.07, 6.45) is 0.603. The Kier molecular flexibility index (Phi) is 5.39. The molecule has 2 aromatic rings. The normalized spacial score (nSPS) is 10.4. The van der Waals surface area contributed by atoms with Crippen LogP contribution in [0.5, 0.6) is 5.75 Å². The largest absolute Gasteiger partial charge is 0.493 e. The van der Waals surface area contributed by atoms with E-state index in [9.17, 15) is 4.79 Å². The molecule has 0 aliphatic rings. The number of nitrogens with zero attached hydrogens (tertiary/aromatic N) is 1. The van der Waals surface area contributed by atoms with Crippen molar-refractivity contribution >= 4 is 17.6 Å². The van der Waals surface area contributed by atoms with Gasteiger partial charge in [-0.1, -0.05) is 30.7 Å². The maximum Gasteiger partial charge on any atom is 0.343 e. The number of benzene rings is 1. The molecule has 0 N–H and O–H groups in total. The van der Waals surface area contributed by atoms with Gasteiger partial charge in [0.15, 0.2) is 0 Å². The lowest BCUT2D eigenvalue weighted by Crippen LogP contribution is -2.11. The number of esters is 1. The molecule has 0 unspecified atom stereocenters. The molecule has 0 atom stereocenters. The second kappa shape index (κ2) is 7.27. The van der Waals surface area contributed by atoms with Gasteiger partial charge < -0.3 is 9.47 Å². The smallest absolute Gasteiger partial charge is 0.343 e. The highest BCUT2D eigenvalue weighted by atomic mass is 35.5. The molecule has 5 heteroatoms. The average molecular weight is 320 g/mol. The number of methoxy groups -OCH3 is 1. The van der Waals surface area contributed by atoms with Crippen molar-refractivity contribution in [2.24, 2.45) is 0 Å². The number of rotatable bonds is 5. The third-order valence-electron chi connectivity index (χ3n) is 3.22. The van der Waals surface area contributed by atoms with E-state index in [1.165, 1.54) is 7.11 Å². The fraction of sp³-hybridized carbons (Fsp3) is 0.294. The molecule has 116 valence electrons. The summed E-state index contributed by atoms with van der Waals surface area (Å²) in [5.74, 6) is 0.0570. The van der Waals surface area contributed by atoms with E-state index in [1.807, 2.05) is 26.0 Å². The van der Waals surface area contributed by atoms with Crippen molar-refractivity contribution in [3.05, 3.63) is 46.6 Å². The van der Waals surface area contributed by atoms with Crippen LogP contribution in [-0.2, 0) is 11.2 Å². The van der Waals surface area contributed by atoms with Gasteiger partial charge in [0.25, 0.3) is 0 Å². The fourth-order valence-corrected chi connectivity index (χ4v) is 2.31. The Labute approximate surface area is 135 Å². The average Bonchev–Trinajstić information content (AvgIpc) is 2.54. The van der Waals surface area contributed by atoms with Crippen LogP contribution in [0, 0.1) is 0 Å². The Morgan fingerprint density at radius 3 is 2.45 bits per heavy atom. The van der Waals surface area contributed by atoms with Crippen molar-refractivity contribution < 1.29 is 14.3 Å². The van der Waals surface area contributed by atoms with Gasteiger partial charge in [-0.25, -0.2) is 4.79 Å². The Balaban J connectivity index is 2.60. The van der Waals surface area contributed by atoms with E-state index in [4.69, 9.17) is 21.1 Å². The third-order valence-corrected chi connectivity index (χ3v) is 3.47. The standard InChI is InChI=1S/C17H18ClNO3/c1-4-13-16(17(20)21-3)15(22-5-2)10-14(19-13)11-6-8-12(18)9-7-11/h6-10H,4-5H2,1-3H3. The molecule has 0 radical (unpaired) electrons. The molecule has 0 aliphatic heterocycles. The first-order valence-corrected chi connectivity index (χ1v) is 7.49. The summed E-state index contributed by atoms with van der Waals surface area (Å²) < 4.78 is 10.5. The molecule has 0 bridgehead atoms. The second-order valence-electron chi connectivity index (χ2n) is 4.61. The summed E-state index contributed by atoms with van der Waals surface area (Å²) in [6.45, 7) is 4.27. The van der Waals surface area contributed by atoms with Crippen molar-refractivity contribution in [2.45, 2.75) is 20.3 Å². The number of carbonyl (C=O) groups excluding carboxylic acids is 1. The summed E-state index contributed by atoms with van der Waals surface area (Å²) in [7, 11) is 1.35. The molecule has 2 rings (SSSR count). The van der Waals surface area contributed by atoms with Gasteiger partial charge in [0, 0.05) is 16.7 Å². The van der Waals surface area contributed by atoms with Gasteiger partial charge in [0.1, 0.15) is 11.3 Å². The maximum atomic E-state index is 12.0. The molecule has 0 amide bonds. The molecule has 0 aliphatic carbocycles. The summed E-state index contributed by atoms with van der Waals surface area (Å²) >= 11 is 5.92. The number of carbonyl (C=O) groups is 1. The molecule has 0 fully saturated rings. The highest BCUT2D eigenvalue weighted by molar-refractivity contribution is 6.30. The second-order valence-corrected chi connectivity index (χ2v) is 5.05. The first-order valence-electron chi connectivity index (χ1n) is 7.11. The van der Waals surface area contributed by atoms with Gasteiger partial charge >= 0.3 is 5.97 Å². The Hall–Kier alpha value is -2.07. The summed E-state index contributed by atoms with van der Waals surface area (Å²) in [4.78, 5) is 16.6. The minimum absolute atomic E-state index is 0.393. The van der Waals surface area contributed by atoms with Crippen LogP contribution < -0.4 is 4.74 Å². The van der Waals surface area contributed by atoms with Gasteiger partial charge in [-0.15, -0.1) is 0 Å². The molecule has 1 aromatic heterocycles. The SMILES string of the molecule is CCOc1cc(-c2ccc(Cl)cc2)nc(CC)c1C(=O)OC. The van der Waals surface area contributed by atoms with E-state index in [-0.39, 0.29) is 0 Å². The summed E-state index contributed by atoms with van der Waals surface area (Å²) in [5.41, 5.74) is 2.70. The van der Waals surface area contributed by atoms with E-state index in [1.54, 1.807) is 18.2 Å². The third kappa shape index (κ3) is 3.39. The van der Waals surface area contributed by atoms with E-state index >= 15 is 0 Å². The van der Waals surface area contributed by atoms with Crippen LogP contribution in [0.4, 0.5) is 0 Å². The van der Waals surface area contributed by atoms with Crippen molar-refractivity contribution in [1.29, 1.82) is 0 Å². The fourth-order valence-electron chi connectivity index (χ4n) is 2.19. The molecule has 1 aromatic carbocycles. The predicted octanol–water partition coefficient (Wildman–Crippen LogP) is 4.15. The predicted molar refractivity (Wildman–Crippen MR) is 86.6 cm³/mol. The minimum Gasteiger partial charge on any atom is -0.493 e. The topological polar surface area (TPSA) is 48.4 Å². The van der Waals surface area contributed by atoms with Crippen LogP contribution in [0.2, 0.25) is 5.02 Å². The number of hydrogen-bond acceptors (Lipinski definition) is 4. The molecule has 1 heterocycles. The van der Waals surface area contributed by atoms with Crippen LogP contribution in [0.1, 0.15) is 29.9 Å². The van der Waals surface area contributed by atoms with Crippen LogP contribution >= 0.6 is 11.6 Å². The van der Waals surface area contributed by atoms with Crippen molar-refractivity contribution in [3.63, 3.8) is 0 Å². The van der Waals surface area contributed by atoms with E-state index in [0.717, 1.165) is 11.3 Å². The van der Waals surface area contributed by atoms with E-state index in [2.05, 4.69) is 4.98 Å². The van der Waals surface area contributed by atoms with Crippen molar-refractivity contribution in [1.82, 2.24) is 4.98 Å². The zero-order chi connectivity index (χ0) is 16.1. The van der Waals surface area contributed by atoms with Gasteiger partial charge in [0.05, 0.1) is 25.1 Å². The van der Waals surface area contributed by atoms with Gasteiger partial charge in [-0.05, 0) is 25.5 Å². The zero-order valence-corrected chi connectivity index (χ0v) is 13.6. The van der Waals surface area contributed by atoms with E-state index in [0.29, 0.717) is 35.1 Å². The minimum atomic E-state index is -0.435. The Bertz CT molecular complexity index is 668. The van der Waals surface area contributed by atoms with Crippen molar-refractivity contribution in [2.75, 3.05) is 13.7 Å². The molecule has 0 saturated carbocycles. The number of ether oxygens (including phenoxy) is 2. The Morgan fingerprint density at radius 1 is 1.23 bits per heavy atom. The van der Waals surface area contributed by atoms with E-state index < -0.39 is 5.97 Å². The van der Waals surface area contributed by atoms with Crippen LogP contribution in [0.15, 0.2) is 30.3 Å². The summed E-state index contributed by atoms with van der Waals surface area (Å²) in [5, 5.41) is 0.663. The van der Waals surface area contributed by atoms with Crippen LogP contribution in [0.25, 0.3) is 11.3 Å². The molecule has 22 heavy (non-hydrogen) atoms. The van der Waals surface area contributed by atoms with Gasteiger partial charge in [0.2, 0.25) is 0 Å². The Morgan fingerprint density at radius 2 is 1.91 bits per heavy atom. The highest BCUT2D eigenvalue weighted by Crippen LogP contribution is 2.29. The molecular formula is C17H18ClNO3. The maximum absolute atomic E-state index is 12.0. The first-order chi connectivity index (χ1) is 10.6. The van der Waals surface area contributed by atoms with Gasteiger partial charge in [-0.3, -0.25) is 4.98 Å². The number of hydrogen-bond donors (Lipinski definition) is 0. The first kappa shape index (κ1) is 16.3. The number of halogens is 1. The number of pyridine rings is 1. The molecular weight excluding hydrogens is 302 g/mol. The zero-order valence-electron chi connectivity index (χ0n) is 12.9. The quantitative estimate of drug-likeness (QED) is 0.777. The number of aromatic nitrogens is 1. The molecule has 4 nitrogen and oxygen atoms in total. The lowest BCUT2D eigenvalue weighted by atomic mass is 10.1. The van der Waals surface area contributed by atoms with Crippen LogP contribution in [-0.4, -0.2) is 24.7 Å². The van der Waals surface area contributed by atoms with Crippen LogP contribution in [0.3, 0.4) is 0 Å². The molecule has 0 spiro atoms. The summed E-state index contributed by atoms with van der Waals surface area (Å²) in [6, 6.07) is 9.14. The monoisotopic (exact) mass is 319 g/mol. The van der Waals surface area contributed by atoms with Crippen molar-refractivity contribution in [3.8, 4) is 17.0 Å². The highest BCUT2D eigenvalue weighted by Gasteiger charge is 2.20. The van der Waals surface area contributed by atoms with Gasteiger partial charge in [-0.2, -0.15) is 0 Å². The molecule has 0 saturated heterocycles. The number of aryl methyl sites for hydroxylation is 1. The lowest BCUT2D eigenvalue weighted by Gasteiger charge is -2.14. The lowest BCUT2D eigenvalue weighted by molar-refractivity contribution is 0.0594.